The minimum Gasteiger partial charge on any atom is -0.496 e. The number of hydrogen-bond donors (Lipinski definition) is 0. The number of amides is 1. The van der Waals surface area contributed by atoms with Crippen LogP contribution in [0.3, 0.4) is 0 Å². The summed E-state index contributed by atoms with van der Waals surface area (Å²) in [4.78, 5) is 16.0. The third-order valence-electron chi connectivity index (χ3n) is 7.55. The van der Waals surface area contributed by atoms with Crippen LogP contribution in [0.4, 0.5) is 4.39 Å². The van der Waals surface area contributed by atoms with E-state index in [-0.39, 0.29) is 11.7 Å². The minimum atomic E-state index is -1.40. The lowest BCUT2D eigenvalue weighted by Crippen LogP contribution is -2.46. The van der Waals surface area contributed by atoms with Crippen LogP contribution in [0.1, 0.15) is 36.0 Å². The third-order valence-corrected chi connectivity index (χ3v) is 7.55. The molecule has 0 aliphatic carbocycles. The number of benzene rings is 4. The zero-order chi connectivity index (χ0) is 26.7. The Labute approximate surface area is 222 Å². The first-order valence-electron chi connectivity index (χ1n) is 12.7. The maximum absolute atomic E-state index is 14.2. The number of methoxy groups -OCH3 is 1. The van der Waals surface area contributed by atoms with E-state index in [0.717, 1.165) is 33.0 Å². The van der Waals surface area contributed by atoms with Gasteiger partial charge in [-0.1, -0.05) is 78.9 Å². The van der Waals surface area contributed by atoms with Crippen LogP contribution in [-0.2, 0) is 4.79 Å². The van der Waals surface area contributed by atoms with Crippen LogP contribution in [0.2, 0.25) is 0 Å². The van der Waals surface area contributed by atoms with Gasteiger partial charge in [-0.3, -0.25) is 4.79 Å². The molecule has 0 saturated carbocycles. The number of ether oxygens (including phenoxy) is 1. The minimum absolute atomic E-state index is 0.224. The van der Waals surface area contributed by atoms with Gasteiger partial charge >= 0.3 is 0 Å². The summed E-state index contributed by atoms with van der Waals surface area (Å²) in [7, 11) is 1.61. The molecule has 4 nitrogen and oxygen atoms in total. The topological polar surface area (TPSA) is 53.3 Å². The Bertz CT molecular complexity index is 1550. The first-order chi connectivity index (χ1) is 18.5. The van der Waals surface area contributed by atoms with Gasteiger partial charge in [-0.25, -0.2) is 4.39 Å². The fraction of sp³-hybridized carbons (Fsp3) is 0.212. The fourth-order valence-corrected chi connectivity index (χ4v) is 5.54. The lowest BCUT2D eigenvalue weighted by atomic mass is 9.68. The van der Waals surface area contributed by atoms with Crippen LogP contribution in [0.15, 0.2) is 97.1 Å². The third kappa shape index (κ3) is 4.54. The van der Waals surface area contributed by atoms with Crippen molar-refractivity contribution >= 4 is 22.3 Å². The van der Waals surface area contributed by atoms with Crippen molar-refractivity contribution in [2.75, 3.05) is 20.2 Å². The van der Waals surface area contributed by atoms with Crippen molar-refractivity contribution in [2.24, 2.45) is 5.41 Å². The Morgan fingerprint density at radius 1 is 0.974 bits per heavy atom. The molecule has 0 fully saturated rings. The van der Waals surface area contributed by atoms with Gasteiger partial charge in [-0.2, -0.15) is 5.26 Å². The highest BCUT2D eigenvalue weighted by molar-refractivity contribution is 5.92. The molecule has 38 heavy (non-hydrogen) atoms. The lowest BCUT2D eigenvalue weighted by Gasteiger charge is -2.38. The quantitative estimate of drug-likeness (QED) is 0.285. The van der Waals surface area contributed by atoms with E-state index in [1.807, 2.05) is 72.8 Å². The van der Waals surface area contributed by atoms with Gasteiger partial charge < -0.3 is 9.64 Å². The average molecular weight is 505 g/mol. The Morgan fingerprint density at radius 3 is 2.37 bits per heavy atom. The molecule has 4 aromatic rings. The molecule has 1 unspecified atom stereocenters. The van der Waals surface area contributed by atoms with Gasteiger partial charge in [-0.05, 0) is 59.0 Å². The highest BCUT2D eigenvalue weighted by Crippen LogP contribution is 2.47. The van der Waals surface area contributed by atoms with Crippen LogP contribution < -0.4 is 4.74 Å². The highest BCUT2D eigenvalue weighted by Gasteiger charge is 2.47. The number of fused-ring (bicyclic) bond motifs is 1. The van der Waals surface area contributed by atoms with E-state index in [1.165, 1.54) is 12.1 Å². The number of carbonyl (C=O) groups excluding carboxylic acids is 1. The normalized spacial score (nSPS) is 15.7. The van der Waals surface area contributed by atoms with Crippen molar-refractivity contribution in [1.29, 1.82) is 5.26 Å². The molecule has 0 aromatic heterocycles. The molecule has 0 spiro atoms. The van der Waals surface area contributed by atoms with Crippen LogP contribution in [-0.4, -0.2) is 31.0 Å². The molecule has 0 N–H and O–H groups in total. The smallest absolute Gasteiger partial charge is 0.244 e. The fourth-order valence-electron chi connectivity index (χ4n) is 5.54. The molecular formula is C33H29FN2O2. The predicted octanol–water partition coefficient (Wildman–Crippen LogP) is 6.97. The van der Waals surface area contributed by atoms with E-state index in [9.17, 15) is 14.4 Å². The number of para-hydroxylation sites is 1. The Hall–Kier alpha value is -4.43. The summed E-state index contributed by atoms with van der Waals surface area (Å²) in [5, 5.41) is 12.7. The van der Waals surface area contributed by atoms with E-state index in [4.69, 9.17) is 4.74 Å². The maximum Gasteiger partial charge on any atom is 0.244 e. The molecule has 2 atom stereocenters. The zero-order valence-electron chi connectivity index (χ0n) is 21.5. The van der Waals surface area contributed by atoms with E-state index in [1.54, 1.807) is 31.1 Å². The number of carbonyl (C=O) groups is 1. The Morgan fingerprint density at radius 2 is 1.66 bits per heavy atom. The van der Waals surface area contributed by atoms with E-state index < -0.39 is 11.3 Å². The van der Waals surface area contributed by atoms with Crippen molar-refractivity contribution in [1.82, 2.24) is 4.90 Å². The number of nitriles is 1. The van der Waals surface area contributed by atoms with Gasteiger partial charge in [0.1, 0.15) is 17.0 Å². The summed E-state index contributed by atoms with van der Waals surface area (Å²) in [5.41, 5.74) is 2.32. The molecule has 1 heterocycles. The van der Waals surface area contributed by atoms with Gasteiger partial charge in [-0.15, -0.1) is 0 Å². The van der Waals surface area contributed by atoms with Gasteiger partial charge in [0.2, 0.25) is 5.91 Å². The van der Waals surface area contributed by atoms with E-state index in [2.05, 4.69) is 6.07 Å². The molecule has 0 bridgehead atoms. The van der Waals surface area contributed by atoms with Crippen LogP contribution in [0, 0.1) is 22.6 Å². The Balaban J connectivity index is 1.58. The van der Waals surface area contributed by atoms with Gasteiger partial charge in [0.15, 0.2) is 0 Å². The van der Waals surface area contributed by atoms with E-state index >= 15 is 0 Å². The largest absolute Gasteiger partial charge is 0.496 e. The molecule has 190 valence electrons. The van der Waals surface area contributed by atoms with Gasteiger partial charge in [0.25, 0.3) is 0 Å². The van der Waals surface area contributed by atoms with Gasteiger partial charge in [0, 0.05) is 24.6 Å². The summed E-state index contributed by atoms with van der Waals surface area (Å²) in [6.07, 6.45) is 2.63. The van der Waals surface area contributed by atoms with E-state index in [0.29, 0.717) is 25.3 Å². The second-order valence-corrected chi connectivity index (χ2v) is 9.79. The second kappa shape index (κ2) is 10.5. The molecule has 0 radical (unpaired) electrons. The Kier molecular flexibility index (Phi) is 6.98. The first-order valence-corrected chi connectivity index (χ1v) is 12.7. The second-order valence-electron chi connectivity index (χ2n) is 9.79. The molecule has 1 aliphatic heterocycles. The summed E-state index contributed by atoms with van der Waals surface area (Å²) in [5.74, 6) is -0.428. The maximum atomic E-state index is 14.2. The summed E-state index contributed by atoms with van der Waals surface area (Å²) in [6, 6.07) is 30.5. The van der Waals surface area contributed by atoms with Crippen LogP contribution in [0.5, 0.6) is 5.75 Å². The van der Waals surface area contributed by atoms with Crippen LogP contribution in [0.25, 0.3) is 16.3 Å². The van der Waals surface area contributed by atoms with Crippen molar-refractivity contribution in [3.05, 3.63) is 120 Å². The number of halogens is 1. The molecule has 5 heteroatoms. The van der Waals surface area contributed by atoms with Crippen molar-refractivity contribution in [2.45, 2.75) is 19.3 Å². The SMILES string of the molecule is COc1ccccc1C(c1cccc2ccccc12)[C@@](C)(C#N)C(=O)N1CC=C(c2ccc(F)cc2)CC1. The molecule has 1 aliphatic rings. The molecule has 0 saturated heterocycles. The summed E-state index contributed by atoms with van der Waals surface area (Å²) >= 11 is 0. The molecule has 4 aromatic carbocycles. The first kappa shape index (κ1) is 25.2. The highest BCUT2D eigenvalue weighted by atomic mass is 19.1. The van der Waals surface area contributed by atoms with Crippen LogP contribution >= 0.6 is 0 Å². The average Bonchev–Trinajstić information content (AvgIpc) is 2.97. The molecular weight excluding hydrogens is 475 g/mol. The number of hydrogen-bond acceptors (Lipinski definition) is 3. The number of rotatable bonds is 6. The lowest BCUT2D eigenvalue weighted by molar-refractivity contribution is -0.138. The van der Waals surface area contributed by atoms with Crippen molar-refractivity contribution in [3.8, 4) is 11.8 Å². The standard InChI is InChI=1S/C33H29FN2O2/c1-33(22-35,32(37)36-20-18-24(19-21-36)23-14-16-26(34)17-15-23)31(29-11-5-6-13-30(29)38-2)28-12-7-9-25-8-3-4-10-27(25)28/h3-18,31H,19-21H2,1-2H3/t31?,33-/m1/s1. The molecule has 1 amide bonds. The van der Waals surface area contributed by atoms with Crippen molar-refractivity contribution < 1.29 is 13.9 Å². The van der Waals surface area contributed by atoms with Gasteiger partial charge in [0.05, 0.1) is 13.2 Å². The predicted molar refractivity (Wildman–Crippen MR) is 148 cm³/mol. The summed E-state index contributed by atoms with van der Waals surface area (Å²) in [6.45, 7) is 2.61. The molecule has 5 rings (SSSR count). The monoisotopic (exact) mass is 504 g/mol. The summed E-state index contributed by atoms with van der Waals surface area (Å²) < 4.78 is 19.1. The zero-order valence-corrected chi connectivity index (χ0v) is 21.5. The van der Waals surface area contributed by atoms with Crippen molar-refractivity contribution in [3.63, 3.8) is 0 Å². The number of nitrogens with zero attached hydrogens (tertiary/aromatic N) is 2.